The quantitative estimate of drug-likeness (QED) is 0.874. The highest BCUT2D eigenvalue weighted by Crippen LogP contribution is 2.12. The van der Waals surface area contributed by atoms with Gasteiger partial charge >= 0.3 is 5.97 Å². The first-order valence-corrected chi connectivity index (χ1v) is 8.02. The Bertz CT molecular complexity index is 663. The monoisotopic (exact) mass is 346 g/mol. The van der Waals surface area contributed by atoms with Gasteiger partial charge in [0.2, 0.25) is 0 Å². The van der Waals surface area contributed by atoms with E-state index in [0.29, 0.717) is 11.6 Å². The molecule has 0 spiro atoms. The highest BCUT2D eigenvalue weighted by molar-refractivity contribution is 5.87. The second-order valence-corrected chi connectivity index (χ2v) is 6.08. The number of carbonyl (C=O) groups is 1. The van der Waals surface area contributed by atoms with Crippen LogP contribution in [-0.2, 0) is 13.0 Å². The molecule has 0 aromatic heterocycles. The zero-order valence-electron chi connectivity index (χ0n) is 13.5. The van der Waals surface area contributed by atoms with Crippen molar-refractivity contribution < 1.29 is 9.90 Å². The summed E-state index contributed by atoms with van der Waals surface area (Å²) in [5.41, 5.74) is 2.77. The van der Waals surface area contributed by atoms with Crippen LogP contribution in [0.25, 0.3) is 0 Å². The van der Waals surface area contributed by atoms with Crippen LogP contribution >= 0.6 is 12.4 Å². The van der Waals surface area contributed by atoms with E-state index in [-0.39, 0.29) is 12.4 Å². The number of piperazine rings is 1. The average Bonchev–Trinajstić information content (AvgIpc) is 2.56. The predicted octanol–water partition coefficient (Wildman–Crippen LogP) is 2.82. The zero-order valence-corrected chi connectivity index (χ0v) is 14.3. The molecule has 0 saturated carbocycles. The Kier molecular flexibility index (Phi) is 6.79. The summed E-state index contributed by atoms with van der Waals surface area (Å²) in [5, 5.41) is 12.7. The van der Waals surface area contributed by atoms with E-state index in [2.05, 4.69) is 34.5 Å². The largest absolute Gasteiger partial charge is 0.478 e. The maximum atomic E-state index is 11.1. The van der Waals surface area contributed by atoms with E-state index in [1.807, 2.05) is 18.2 Å². The van der Waals surface area contributed by atoms with Gasteiger partial charge in [0.15, 0.2) is 0 Å². The van der Waals surface area contributed by atoms with Crippen molar-refractivity contribution in [2.45, 2.75) is 19.0 Å². The molecule has 2 N–H and O–H groups in total. The average molecular weight is 347 g/mol. The molecule has 1 saturated heterocycles. The molecule has 1 unspecified atom stereocenters. The van der Waals surface area contributed by atoms with Gasteiger partial charge in [-0.1, -0.05) is 42.5 Å². The molecule has 128 valence electrons. The Balaban J connectivity index is 0.00000208. The molecular weight excluding hydrogens is 324 g/mol. The molecule has 1 heterocycles. The maximum absolute atomic E-state index is 11.1. The van der Waals surface area contributed by atoms with Gasteiger partial charge in [-0.2, -0.15) is 0 Å². The Morgan fingerprint density at radius 3 is 2.62 bits per heavy atom. The number of aromatic carboxylic acids is 1. The fourth-order valence-electron chi connectivity index (χ4n) is 3.13. The van der Waals surface area contributed by atoms with E-state index in [4.69, 9.17) is 5.11 Å². The second kappa shape index (κ2) is 8.83. The molecule has 1 aliphatic heterocycles. The summed E-state index contributed by atoms with van der Waals surface area (Å²) >= 11 is 0. The number of rotatable bonds is 5. The normalized spacial score (nSPS) is 17.9. The summed E-state index contributed by atoms with van der Waals surface area (Å²) < 4.78 is 0. The van der Waals surface area contributed by atoms with Gasteiger partial charge in [-0.05, 0) is 29.7 Å². The lowest BCUT2D eigenvalue weighted by atomic mass is 10.0. The molecule has 2 aromatic rings. The van der Waals surface area contributed by atoms with Gasteiger partial charge in [0, 0.05) is 32.2 Å². The first-order chi connectivity index (χ1) is 11.2. The minimum absolute atomic E-state index is 0. The van der Waals surface area contributed by atoms with Crippen molar-refractivity contribution >= 4 is 18.4 Å². The number of nitrogens with one attached hydrogen (secondary N) is 1. The van der Waals surface area contributed by atoms with Crippen molar-refractivity contribution in [2.75, 3.05) is 19.6 Å². The lowest BCUT2D eigenvalue weighted by Gasteiger charge is -2.34. The van der Waals surface area contributed by atoms with E-state index < -0.39 is 5.97 Å². The van der Waals surface area contributed by atoms with E-state index in [9.17, 15) is 4.79 Å². The van der Waals surface area contributed by atoms with Gasteiger partial charge in [0.1, 0.15) is 0 Å². The number of carboxylic acids is 1. The molecule has 0 amide bonds. The first-order valence-electron chi connectivity index (χ1n) is 8.02. The molecule has 24 heavy (non-hydrogen) atoms. The summed E-state index contributed by atoms with van der Waals surface area (Å²) in [6.45, 7) is 3.74. The Morgan fingerprint density at radius 2 is 1.88 bits per heavy atom. The Labute approximate surface area is 148 Å². The van der Waals surface area contributed by atoms with Crippen LogP contribution in [0.4, 0.5) is 0 Å². The van der Waals surface area contributed by atoms with Gasteiger partial charge < -0.3 is 10.4 Å². The molecule has 0 radical (unpaired) electrons. The molecule has 2 aromatic carbocycles. The number of benzene rings is 2. The third-order valence-corrected chi connectivity index (χ3v) is 4.24. The summed E-state index contributed by atoms with van der Waals surface area (Å²) in [7, 11) is 0. The number of hydrogen-bond donors (Lipinski definition) is 2. The predicted molar refractivity (Wildman–Crippen MR) is 97.9 cm³/mol. The van der Waals surface area contributed by atoms with Crippen molar-refractivity contribution in [3.63, 3.8) is 0 Å². The maximum Gasteiger partial charge on any atom is 0.335 e. The minimum atomic E-state index is -0.867. The molecule has 1 aliphatic rings. The van der Waals surface area contributed by atoms with Crippen molar-refractivity contribution in [1.29, 1.82) is 0 Å². The lowest BCUT2D eigenvalue weighted by molar-refractivity contribution is 0.0696. The molecule has 5 heteroatoms. The lowest BCUT2D eigenvalue weighted by Crippen LogP contribution is -2.51. The SMILES string of the molecule is Cl.O=C(O)c1cccc(CN2CCNC(Cc3ccccc3)C2)c1. The number of carboxylic acid groups (broad SMARTS) is 1. The summed E-state index contributed by atoms with van der Waals surface area (Å²) in [4.78, 5) is 13.5. The van der Waals surface area contributed by atoms with Gasteiger partial charge in [0.25, 0.3) is 0 Å². The Morgan fingerprint density at radius 1 is 1.12 bits per heavy atom. The van der Waals surface area contributed by atoms with Crippen LogP contribution in [0.2, 0.25) is 0 Å². The number of nitrogens with zero attached hydrogens (tertiary/aromatic N) is 1. The van der Waals surface area contributed by atoms with Crippen molar-refractivity contribution in [3.8, 4) is 0 Å². The molecule has 4 nitrogen and oxygen atoms in total. The van der Waals surface area contributed by atoms with Crippen LogP contribution in [0.1, 0.15) is 21.5 Å². The molecule has 1 fully saturated rings. The van der Waals surface area contributed by atoms with E-state index in [0.717, 1.165) is 38.2 Å². The van der Waals surface area contributed by atoms with Gasteiger partial charge in [-0.15, -0.1) is 12.4 Å². The first kappa shape index (κ1) is 18.5. The highest BCUT2D eigenvalue weighted by Gasteiger charge is 2.19. The van der Waals surface area contributed by atoms with Crippen molar-refractivity contribution in [2.24, 2.45) is 0 Å². The van der Waals surface area contributed by atoms with Crippen molar-refractivity contribution in [1.82, 2.24) is 10.2 Å². The fraction of sp³-hybridized carbons (Fsp3) is 0.316. The van der Waals surface area contributed by atoms with Gasteiger partial charge in [-0.3, -0.25) is 4.90 Å². The summed E-state index contributed by atoms with van der Waals surface area (Å²) in [5.74, 6) is -0.867. The van der Waals surface area contributed by atoms with Crippen LogP contribution in [-0.4, -0.2) is 41.7 Å². The Hall–Kier alpha value is -1.88. The molecular formula is C19H23ClN2O2. The van der Waals surface area contributed by atoms with Crippen LogP contribution in [0.3, 0.4) is 0 Å². The second-order valence-electron chi connectivity index (χ2n) is 6.08. The van der Waals surface area contributed by atoms with Gasteiger partial charge in [-0.25, -0.2) is 4.79 Å². The van der Waals surface area contributed by atoms with Crippen molar-refractivity contribution in [3.05, 3.63) is 71.3 Å². The fourth-order valence-corrected chi connectivity index (χ4v) is 3.13. The van der Waals surface area contributed by atoms with Crippen LogP contribution in [0.5, 0.6) is 0 Å². The topological polar surface area (TPSA) is 52.6 Å². The number of halogens is 1. The third kappa shape index (κ3) is 5.06. The van der Waals surface area contributed by atoms with Crippen LogP contribution in [0, 0.1) is 0 Å². The molecule has 1 atom stereocenters. The highest BCUT2D eigenvalue weighted by atomic mass is 35.5. The smallest absolute Gasteiger partial charge is 0.335 e. The molecule has 0 bridgehead atoms. The number of hydrogen-bond acceptors (Lipinski definition) is 3. The summed E-state index contributed by atoms with van der Waals surface area (Å²) in [6.07, 6.45) is 1.02. The third-order valence-electron chi connectivity index (χ3n) is 4.24. The molecule has 0 aliphatic carbocycles. The van der Waals surface area contributed by atoms with E-state index in [1.165, 1.54) is 5.56 Å². The van der Waals surface area contributed by atoms with Gasteiger partial charge in [0.05, 0.1) is 5.56 Å². The standard InChI is InChI=1S/C19H22N2O2.ClH/c22-19(23)17-8-4-7-16(11-17)13-21-10-9-20-18(14-21)12-15-5-2-1-3-6-15;/h1-8,11,18,20H,9-10,12-14H2,(H,22,23);1H. The summed E-state index contributed by atoms with van der Waals surface area (Å²) in [6, 6.07) is 18.2. The van der Waals surface area contributed by atoms with Crippen LogP contribution < -0.4 is 5.32 Å². The molecule has 3 rings (SSSR count). The van der Waals surface area contributed by atoms with Crippen LogP contribution in [0.15, 0.2) is 54.6 Å². The zero-order chi connectivity index (χ0) is 16.1. The van der Waals surface area contributed by atoms with E-state index in [1.54, 1.807) is 12.1 Å². The van der Waals surface area contributed by atoms with E-state index >= 15 is 0 Å². The minimum Gasteiger partial charge on any atom is -0.478 e.